The normalized spacial score (nSPS) is 16.3. The highest BCUT2D eigenvalue weighted by Gasteiger charge is 2.38. The van der Waals surface area contributed by atoms with Crippen molar-refractivity contribution in [1.82, 2.24) is 4.90 Å². The molecule has 0 amide bonds. The summed E-state index contributed by atoms with van der Waals surface area (Å²) in [4.78, 5) is 21.4. The van der Waals surface area contributed by atoms with Crippen LogP contribution in [0.5, 0.6) is 5.75 Å². The smallest absolute Gasteiger partial charge is 0.303 e. The van der Waals surface area contributed by atoms with E-state index in [9.17, 15) is 19.8 Å². The van der Waals surface area contributed by atoms with Crippen molar-refractivity contribution in [2.45, 2.75) is 56.5 Å². The number of carboxylic acids is 2. The van der Waals surface area contributed by atoms with Crippen LogP contribution in [0.2, 0.25) is 0 Å². The average molecular weight is 399 g/mol. The highest BCUT2D eigenvalue weighted by atomic mass is 16.4. The molecule has 28 heavy (non-hydrogen) atoms. The van der Waals surface area contributed by atoms with E-state index in [1.165, 1.54) is 6.42 Å². The molecule has 0 heterocycles. The molecule has 1 atom stereocenters. The number of hydrogen-bond donors (Lipinski definition) is 4. The zero-order valence-electron chi connectivity index (χ0n) is 16.6. The molecule has 1 aromatic rings. The first-order valence-corrected chi connectivity index (χ1v) is 9.23. The molecular weight excluding hydrogens is 366 g/mol. The maximum absolute atomic E-state index is 11.0. The highest BCUT2D eigenvalue weighted by Crippen LogP contribution is 2.40. The summed E-state index contributed by atoms with van der Waals surface area (Å²) in [6.45, 7) is 0.835. The van der Waals surface area contributed by atoms with Gasteiger partial charge in [0.1, 0.15) is 5.75 Å². The number of hydrogen-bond acceptors (Lipinski definition) is 5. The van der Waals surface area contributed by atoms with Crippen LogP contribution >= 0.6 is 0 Å². The molecule has 1 unspecified atom stereocenters. The molecule has 160 valence electrons. The molecule has 8 nitrogen and oxygen atoms in total. The third-order valence-corrected chi connectivity index (χ3v) is 4.76. The number of phenolic OH excluding ortho intramolecular Hbond substituents is 1. The lowest BCUT2D eigenvalue weighted by Gasteiger charge is -2.40. The third-order valence-electron chi connectivity index (χ3n) is 4.76. The van der Waals surface area contributed by atoms with E-state index < -0.39 is 17.5 Å². The standard InChI is InChI=1S/C16H25NO2.C4H6O4.H2O/c1-17(2)12-15(13-6-8-14(18)9-7-13)16(19)10-4-3-5-11-16;5-3(6)1-2-4(7)8;/h6-9,15,18-19H,3-5,10-12H2,1-2H3;1-2H2,(H,5,6)(H,7,8);1H2. The van der Waals surface area contributed by atoms with Gasteiger partial charge in [-0.05, 0) is 44.6 Å². The summed E-state index contributed by atoms with van der Waals surface area (Å²) in [6, 6.07) is 7.31. The van der Waals surface area contributed by atoms with Crippen molar-refractivity contribution in [3.8, 4) is 5.75 Å². The number of aliphatic hydroxyl groups is 1. The van der Waals surface area contributed by atoms with Gasteiger partial charge in [-0.25, -0.2) is 0 Å². The van der Waals surface area contributed by atoms with Crippen molar-refractivity contribution in [2.24, 2.45) is 0 Å². The number of rotatable bonds is 7. The van der Waals surface area contributed by atoms with Gasteiger partial charge in [0.05, 0.1) is 18.4 Å². The van der Waals surface area contributed by atoms with Crippen molar-refractivity contribution in [2.75, 3.05) is 20.6 Å². The predicted molar refractivity (Wildman–Crippen MR) is 106 cm³/mol. The van der Waals surface area contributed by atoms with E-state index in [1.807, 2.05) is 26.2 Å². The molecule has 0 aliphatic heterocycles. The number of aliphatic carboxylic acids is 2. The summed E-state index contributed by atoms with van der Waals surface area (Å²) in [5.74, 6) is -1.76. The maximum Gasteiger partial charge on any atom is 0.303 e. The Morgan fingerprint density at radius 2 is 1.46 bits per heavy atom. The Hall–Kier alpha value is -2.16. The zero-order chi connectivity index (χ0) is 20.4. The predicted octanol–water partition coefficient (Wildman–Crippen LogP) is 1.84. The van der Waals surface area contributed by atoms with E-state index in [1.54, 1.807) is 12.1 Å². The minimum atomic E-state index is -1.08. The van der Waals surface area contributed by atoms with E-state index in [4.69, 9.17) is 10.2 Å². The van der Waals surface area contributed by atoms with E-state index >= 15 is 0 Å². The summed E-state index contributed by atoms with van der Waals surface area (Å²) in [7, 11) is 4.08. The lowest BCUT2D eigenvalue weighted by atomic mass is 9.72. The molecule has 1 aromatic carbocycles. The second-order valence-electron chi connectivity index (χ2n) is 7.36. The van der Waals surface area contributed by atoms with E-state index in [-0.39, 0.29) is 30.0 Å². The highest BCUT2D eigenvalue weighted by molar-refractivity contribution is 5.75. The van der Waals surface area contributed by atoms with Crippen LogP contribution in [0.15, 0.2) is 24.3 Å². The van der Waals surface area contributed by atoms with Crippen LogP contribution in [-0.2, 0) is 9.59 Å². The van der Waals surface area contributed by atoms with Crippen molar-refractivity contribution in [3.05, 3.63) is 29.8 Å². The van der Waals surface area contributed by atoms with Crippen LogP contribution < -0.4 is 0 Å². The molecule has 1 aliphatic rings. The molecule has 0 bridgehead atoms. The van der Waals surface area contributed by atoms with Gasteiger partial charge >= 0.3 is 11.9 Å². The number of aromatic hydroxyl groups is 1. The fraction of sp³-hybridized carbons (Fsp3) is 0.600. The van der Waals surface area contributed by atoms with Gasteiger partial charge < -0.3 is 30.8 Å². The second-order valence-corrected chi connectivity index (χ2v) is 7.36. The molecule has 1 aliphatic carbocycles. The van der Waals surface area contributed by atoms with Crippen LogP contribution in [0.3, 0.4) is 0 Å². The Bertz CT molecular complexity index is 581. The molecule has 1 saturated carbocycles. The van der Waals surface area contributed by atoms with Gasteiger partial charge in [-0.15, -0.1) is 0 Å². The lowest BCUT2D eigenvalue weighted by Crippen LogP contribution is -2.42. The number of carboxylic acid groups (broad SMARTS) is 2. The van der Waals surface area contributed by atoms with E-state index in [2.05, 4.69) is 4.90 Å². The van der Waals surface area contributed by atoms with Crippen molar-refractivity contribution < 1.29 is 35.5 Å². The largest absolute Gasteiger partial charge is 0.508 e. The first-order valence-electron chi connectivity index (χ1n) is 9.23. The molecule has 8 heteroatoms. The Morgan fingerprint density at radius 3 is 1.86 bits per heavy atom. The van der Waals surface area contributed by atoms with Crippen LogP contribution in [0.1, 0.15) is 56.4 Å². The first kappa shape index (κ1) is 25.8. The monoisotopic (exact) mass is 399 g/mol. The molecule has 0 radical (unpaired) electrons. The number of likely N-dealkylation sites (N-methyl/N-ethyl adjacent to an activating group) is 1. The fourth-order valence-electron chi connectivity index (χ4n) is 3.38. The van der Waals surface area contributed by atoms with Gasteiger partial charge in [0, 0.05) is 12.5 Å². The second kappa shape index (κ2) is 12.3. The van der Waals surface area contributed by atoms with Gasteiger partial charge in [0.25, 0.3) is 0 Å². The van der Waals surface area contributed by atoms with E-state index in [0.717, 1.165) is 37.8 Å². The Balaban J connectivity index is 0.000000694. The number of nitrogens with zero attached hydrogens (tertiary/aromatic N) is 1. The maximum atomic E-state index is 11.0. The van der Waals surface area contributed by atoms with Crippen LogP contribution in [0, 0.1) is 0 Å². The number of benzene rings is 1. The molecule has 6 N–H and O–H groups in total. The van der Waals surface area contributed by atoms with Gasteiger partial charge in [0.15, 0.2) is 0 Å². The SMILES string of the molecule is CN(C)CC(c1ccc(O)cc1)C1(O)CCCCC1.O.O=C(O)CCC(=O)O. The van der Waals surface area contributed by atoms with Crippen LogP contribution in [-0.4, -0.2) is 69.0 Å². The third kappa shape index (κ3) is 9.16. The fourth-order valence-corrected chi connectivity index (χ4v) is 3.38. The van der Waals surface area contributed by atoms with Crippen molar-refractivity contribution in [3.63, 3.8) is 0 Å². The molecular formula is C20H33NO7. The molecule has 1 fully saturated rings. The minimum absolute atomic E-state index is 0. The van der Waals surface area contributed by atoms with Crippen molar-refractivity contribution in [1.29, 1.82) is 0 Å². The Morgan fingerprint density at radius 1 is 1.00 bits per heavy atom. The summed E-state index contributed by atoms with van der Waals surface area (Å²) in [6.07, 6.45) is 4.62. The summed E-state index contributed by atoms with van der Waals surface area (Å²) >= 11 is 0. The summed E-state index contributed by atoms with van der Waals surface area (Å²) in [5, 5.41) is 36.2. The summed E-state index contributed by atoms with van der Waals surface area (Å²) in [5.41, 5.74) is 0.523. The lowest BCUT2D eigenvalue weighted by molar-refractivity contribution is -0.143. The van der Waals surface area contributed by atoms with Crippen LogP contribution in [0.25, 0.3) is 0 Å². The van der Waals surface area contributed by atoms with Gasteiger partial charge in [-0.2, -0.15) is 0 Å². The van der Waals surface area contributed by atoms with E-state index in [0.29, 0.717) is 0 Å². The molecule has 0 spiro atoms. The number of carbonyl (C=O) groups is 2. The number of phenols is 1. The van der Waals surface area contributed by atoms with Gasteiger partial charge in [-0.1, -0.05) is 31.4 Å². The first-order chi connectivity index (χ1) is 12.6. The zero-order valence-corrected chi connectivity index (χ0v) is 16.6. The Kier molecular flexibility index (Phi) is 11.4. The summed E-state index contributed by atoms with van der Waals surface area (Å²) < 4.78 is 0. The quantitative estimate of drug-likeness (QED) is 0.546. The topological polar surface area (TPSA) is 150 Å². The van der Waals surface area contributed by atoms with Crippen LogP contribution in [0.4, 0.5) is 0 Å². The Labute approximate surface area is 165 Å². The molecule has 0 aromatic heterocycles. The minimum Gasteiger partial charge on any atom is -0.508 e. The van der Waals surface area contributed by atoms with Gasteiger partial charge in [-0.3, -0.25) is 9.59 Å². The average Bonchev–Trinajstić information content (AvgIpc) is 2.60. The van der Waals surface area contributed by atoms with Gasteiger partial charge in [0.2, 0.25) is 0 Å². The molecule has 0 saturated heterocycles. The molecule has 2 rings (SSSR count). The van der Waals surface area contributed by atoms with Crippen molar-refractivity contribution >= 4 is 11.9 Å².